The van der Waals surface area contributed by atoms with Crippen molar-refractivity contribution in [3.05, 3.63) is 64.3 Å². The fourth-order valence-corrected chi connectivity index (χ4v) is 1.90. The third kappa shape index (κ3) is 2.95. The Bertz CT molecular complexity index is 548. The second kappa shape index (κ2) is 5.30. The zero-order valence-electron chi connectivity index (χ0n) is 10.6. The highest BCUT2D eigenvalue weighted by molar-refractivity contribution is 5.55. The summed E-state index contributed by atoms with van der Waals surface area (Å²) in [4.78, 5) is 0. The Morgan fingerprint density at radius 1 is 1.06 bits per heavy atom. The first-order chi connectivity index (χ1) is 8.56. The molecule has 1 aromatic carbocycles. The van der Waals surface area contributed by atoms with Gasteiger partial charge in [0.2, 0.25) is 0 Å². The molecule has 2 rings (SSSR count). The van der Waals surface area contributed by atoms with E-state index < -0.39 is 0 Å². The van der Waals surface area contributed by atoms with E-state index in [1.165, 1.54) is 12.1 Å². The molecule has 0 aliphatic heterocycles. The predicted octanol–water partition coefficient (Wildman–Crippen LogP) is 5.11. The zero-order chi connectivity index (χ0) is 13.1. The summed E-state index contributed by atoms with van der Waals surface area (Å²) < 4.78 is 27.0. The number of benzene rings is 1. The Balaban J connectivity index is 2.19. The maximum absolute atomic E-state index is 13.6. The van der Waals surface area contributed by atoms with E-state index in [2.05, 4.69) is 0 Å². The lowest BCUT2D eigenvalue weighted by molar-refractivity contribution is 0.624. The quantitative estimate of drug-likeness (QED) is 0.680. The molecule has 18 heavy (non-hydrogen) atoms. The number of allylic oxidation sites excluding steroid dienone is 5. The summed E-state index contributed by atoms with van der Waals surface area (Å²) in [6, 6.07) is 5.10. The molecule has 0 bridgehead atoms. The van der Waals surface area contributed by atoms with Gasteiger partial charge in [-0.2, -0.15) is 0 Å². The standard InChI is InChI=1S/C16H16F2/c1-11-3-7-14(16(18)9-11)8-6-13-5-4-12(2)15(17)10-13/h3,6-10H,4-5H2,1-2H3. The molecule has 0 aromatic heterocycles. The maximum atomic E-state index is 13.6. The summed E-state index contributed by atoms with van der Waals surface area (Å²) in [5.41, 5.74) is 3.12. The Labute approximate surface area is 106 Å². The molecule has 0 N–H and O–H groups in total. The lowest BCUT2D eigenvalue weighted by Crippen LogP contribution is -1.92. The molecule has 2 heteroatoms. The van der Waals surface area contributed by atoms with Gasteiger partial charge in [0, 0.05) is 5.56 Å². The van der Waals surface area contributed by atoms with Crippen molar-refractivity contribution < 1.29 is 8.78 Å². The highest BCUT2D eigenvalue weighted by Gasteiger charge is 2.08. The van der Waals surface area contributed by atoms with E-state index in [0.29, 0.717) is 5.56 Å². The van der Waals surface area contributed by atoms with Gasteiger partial charge in [-0.15, -0.1) is 0 Å². The van der Waals surface area contributed by atoms with Crippen molar-refractivity contribution >= 4 is 6.08 Å². The number of hydrogen-bond acceptors (Lipinski definition) is 0. The van der Waals surface area contributed by atoms with Crippen LogP contribution in [-0.4, -0.2) is 0 Å². The van der Waals surface area contributed by atoms with Crippen molar-refractivity contribution in [2.45, 2.75) is 26.7 Å². The molecule has 0 fully saturated rings. The number of hydrogen-bond donors (Lipinski definition) is 0. The summed E-state index contributed by atoms with van der Waals surface area (Å²) >= 11 is 0. The summed E-state index contributed by atoms with van der Waals surface area (Å²) in [5.74, 6) is -0.403. The lowest BCUT2D eigenvalue weighted by atomic mass is 9.98. The average Bonchev–Trinajstić information content (AvgIpc) is 2.32. The van der Waals surface area contributed by atoms with Gasteiger partial charge in [-0.25, -0.2) is 8.78 Å². The maximum Gasteiger partial charge on any atom is 0.130 e. The molecule has 0 radical (unpaired) electrons. The Hall–Kier alpha value is -1.70. The molecule has 0 nitrogen and oxygen atoms in total. The first-order valence-corrected chi connectivity index (χ1v) is 6.06. The van der Waals surface area contributed by atoms with Crippen LogP contribution >= 0.6 is 0 Å². The SMILES string of the molecule is CC1=C(F)C=C(C=Cc2ccc(C)cc2F)CC1. The van der Waals surface area contributed by atoms with E-state index in [1.54, 1.807) is 25.1 Å². The van der Waals surface area contributed by atoms with E-state index in [0.717, 1.165) is 29.6 Å². The van der Waals surface area contributed by atoms with E-state index in [-0.39, 0.29) is 11.6 Å². The van der Waals surface area contributed by atoms with Crippen LogP contribution < -0.4 is 0 Å². The van der Waals surface area contributed by atoms with Crippen LogP contribution in [0.3, 0.4) is 0 Å². The van der Waals surface area contributed by atoms with Crippen molar-refractivity contribution in [1.29, 1.82) is 0 Å². The molecular weight excluding hydrogens is 230 g/mol. The Morgan fingerprint density at radius 3 is 2.50 bits per heavy atom. The summed E-state index contributed by atoms with van der Waals surface area (Å²) in [6.07, 6.45) is 6.57. The van der Waals surface area contributed by atoms with Gasteiger partial charge in [0.05, 0.1) is 0 Å². The van der Waals surface area contributed by atoms with E-state index in [9.17, 15) is 8.78 Å². The second-order valence-electron chi connectivity index (χ2n) is 4.71. The molecule has 0 spiro atoms. The van der Waals surface area contributed by atoms with Gasteiger partial charge in [0.25, 0.3) is 0 Å². The zero-order valence-corrected chi connectivity index (χ0v) is 10.6. The van der Waals surface area contributed by atoms with Crippen molar-refractivity contribution in [1.82, 2.24) is 0 Å². The smallest absolute Gasteiger partial charge is 0.130 e. The minimum Gasteiger partial charge on any atom is -0.207 e. The topological polar surface area (TPSA) is 0 Å². The van der Waals surface area contributed by atoms with Gasteiger partial charge < -0.3 is 0 Å². The number of aryl methyl sites for hydroxylation is 1. The van der Waals surface area contributed by atoms with Crippen molar-refractivity contribution in [2.75, 3.05) is 0 Å². The number of rotatable bonds is 2. The fraction of sp³-hybridized carbons (Fsp3) is 0.250. The van der Waals surface area contributed by atoms with Crippen LogP contribution in [0.15, 0.2) is 47.3 Å². The molecule has 1 aromatic rings. The predicted molar refractivity (Wildman–Crippen MR) is 71.3 cm³/mol. The van der Waals surface area contributed by atoms with Gasteiger partial charge in [-0.05, 0) is 55.5 Å². The molecule has 0 saturated carbocycles. The molecule has 0 amide bonds. The fourth-order valence-electron chi connectivity index (χ4n) is 1.90. The molecular formula is C16H16F2. The molecule has 1 aliphatic rings. The summed E-state index contributed by atoms with van der Waals surface area (Å²) in [5, 5.41) is 0. The molecule has 0 unspecified atom stereocenters. The van der Waals surface area contributed by atoms with Gasteiger partial charge in [-0.3, -0.25) is 0 Å². The van der Waals surface area contributed by atoms with Crippen molar-refractivity contribution in [2.24, 2.45) is 0 Å². The minimum absolute atomic E-state index is 0.162. The monoisotopic (exact) mass is 246 g/mol. The third-order valence-corrected chi connectivity index (χ3v) is 3.14. The average molecular weight is 246 g/mol. The molecule has 94 valence electrons. The van der Waals surface area contributed by atoms with Crippen LogP contribution in [0.4, 0.5) is 8.78 Å². The lowest BCUT2D eigenvalue weighted by Gasteiger charge is -2.10. The first kappa shape index (κ1) is 12.7. The third-order valence-electron chi connectivity index (χ3n) is 3.14. The van der Waals surface area contributed by atoms with Crippen LogP contribution in [0.25, 0.3) is 6.08 Å². The normalized spacial score (nSPS) is 16.3. The molecule has 0 heterocycles. The summed E-state index contributed by atoms with van der Waals surface area (Å²) in [6.45, 7) is 3.65. The second-order valence-corrected chi connectivity index (χ2v) is 4.71. The highest BCUT2D eigenvalue weighted by atomic mass is 19.1. The summed E-state index contributed by atoms with van der Waals surface area (Å²) in [7, 11) is 0. The van der Waals surface area contributed by atoms with Gasteiger partial charge in [0.15, 0.2) is 0 Å². The highest BCUT2D eigenvalue weighted by Crippen LogP contribution is 2.25. The molecule has 0 saturated heterocycles. The number of halogens is 2. The van der Waals surface area contributed by atoms with Crippen LogP contribution in [0, 0.1) is 12.7 Å². The molecule has 1 aliphatic carbocycles. The van der Waals surface area contributed by atoms with Crippen LogP contribution in [-0.2, 0) is 0 Å². The van der Waals surface area contributed by atoms with E-state index >= 15 is 0 Å². The Morgan fingerprint density at radius 2 is 1.83 bits per heavy atom. The van der Waals surface area contributed by atoms with Crippen LogP contribution in [0.2, 0.25) is 0 Å². The molecule has 0 atom stereocenters. The van der Waals surface area contributed by atoms with E-state index in [1.807, 2.05) is 13.0 Å². The first-order valence-electron chi connectivity index (χ1n) is 6.06. The van der Waals surface area contributed by atoms with Gasteiger partial charge in [-0.1, -0.05) is 24.3 Å². The van der Waals surface area contributed by atoms with Crippen LogP contribution in [0.1, 0.15) is 30.9 Å². The Kier molecular flexibility index (Phi) is 3.75. The van der Waals surface area contributed by atoms with Crippen molar-refractivity contribution in [3.8, 4) is 0 Å². The van der Waals surface area contributed by atoms with E-state index in [4.69, 9.17) is 0 Å². The van der Waals surface area contributed by atoms with Crippen LogP contribution in [0.5, 0.6) is 0 Å². The van der Waals surface area contributed by atoms with Crippen molar-refractivity contribution in [3.63, 3.8) is 0 Å². The van der Waals surface area contributed by atoms with Gasteiger partial charge in [0.1, 0.15) is 11.6 Å². The minimum atomic E-state index is -0.241. The largest absolute Gasteiger partial charge is 0.207 e. The van der Waals surface area contributed by atoms with Gasteiger partial charge >= 0.3 is 0 Å².